The lowest BCUT2D eigenvalue weighted by molar-refractivity contribution is -0.124. The number of ether oxygens (including phenoxy) is 1. The number of amides is 2. The molecular formula is C25H27N3O3S. The van der Waals surface area contributed by atoms with Crippen molar-refractivity contribution in [2.24, 2.45) is 0 Å². The Balaban J connectivity index is 1.33. The maximum atomic E-state index is 12.9. The third-order valence-electron chi connectivity index (χ3n) is 5.53. The second-order valence-electron chi connectivity index (χ2n) is 7.86. The second kappa shape index (κ2) is 10.1. The van der Waals surface area contributed by atoms with Crippen LogP contribution in [0.1, 0.15) is 11.1 Å². The summed E-state index contributed by atoms with van der Waals surface area (Å²) in [6.07, 6.45) is 3.45. The number of hydrogen-bond donors (Lipinski definition) is 0. The first-order valence-corrected chi connectivity index (χ1v) is 11.5. The number of piperazine rings is 1. The summed E-state index contributed by atoms with van der Waals surface area (Å²) >= 11 is 0.999. The van der Waals surface area contributed by atoms with Crippen molar-refractivity contribution in [2.45, 2.75) is 6.92 Å². The minimum absolute atomic E-state index is 0.215. The van der Waals surface area contributed by atoms with Crippen LogP contribution in [0.3, 0.4) is 0 Å². The van der Waals surface area contributed by atoms with Gasteiger partial charge in [-0.05, 0) is 54.6 Å². The van der Waals surface area contributed by atoms with E-state index in [0.717, 1.165) is 49.3 Å². The number of hydrogen-bond acceptors (Lipinski definition) is 6. The number of carbonyl (C=O) groups excluding carboxylic acids is 2. The predicted molar refractivity (Wildman–Crippen MR) is 130 cm³/mol. The molecule has 2 aliphatic rings. The molecule has 32 heavy (non-hydrogen) atoms. The van der Waals surface area contributed by atoms with Crippen molar-refractivity contribution >= 4 is 34.7 Å². The highest BCUT2D eigenvalue weighted by molar-refractivity contribution is 8.18. The van der Waals surface area contributed by atoms with E-state index in [1.165, 1.54) is 16.2 Å². The lowest BCUT2D eigenvalue weighted by atomic mass is 10.2. The monoisotopic (exact) mass is 449 g/mol. The molecule has 166 valence electrons. The van der Waals surface area contributed by atoms with Crippen LogP contribution in [0, 0.1) is 6.92 Å². The minimum Gasteiger partial charge on any atom is -0.490 e. The fourth-order valence-electron chi connectivity index (χ4n) is 3.69. The van der Waals surface area contributed by atoms with Gasteiger partial charge in [-0.2, -0.15) is 0 Å². The van der Waals surface area contributed by atoms with E-state index < -0.39 is 0 Å². The van der Waals surface area contributed by atoms with E-state index in [2.05, 4.69) is 47.6 Å². The van der Waals surface area contributed by atoms with Gasteiger partial charge in [0.1, 0.15) is 12.4 Å². The van der Waals surface area contributed by atoms with Crippen molar-refractivity contribution in [1.29, 1.82) is 0 Å². The molecule has 2 amide bonds. The van der Waals surface area contributed by atoms with E-state index in [1.807, 2.05) is 24.3 Å². The van der Waals surface area contributed by atoms with Crippen molar-refractivity contribution < 1.29 is 14.3 Å². The van der Waals surface area contributed by atoms with E-state index >= 15 is 0 Å². The van der Waals surface area contributed by atoms with Gasteiger partial charge in [-0.1, -0.05) is 42.5 Å². The van der Waals surface area contributed by atoms with Crippen molar-refractivity contribution in [3.8, 4) is 5.75 Å². The van der Waals surface area contributed by atoms with Gasteiger partial charge in [0.25, 0.3) is 11.1 Å². The number of anilines is 1. The van der Waals surface area contributed by atoms with Crippen LogP contribution >= 0.6 is 11.8 Å². The molecule has 0 aromatic heterocycles. The van der Waals surface area contributed by atoms with Crippen LogP contribution in [0.4, 0.5) is 10.5 Å². The molecule has 0 atom stereocenters. The number of rotatable bonds is 7. The van der Waals surface area contributed by atoms with Crippen molar-refractivity contribution in [3.05, 3.63) is 77.2 Å². The van der Waals surface area contributed by atoms with E-state index in [0.29, 0.717) is 18.2 Å². The molecule has 2 aromatic carbocycles. The zero-order valence-corrected chi connectivity index (χ0v) is 19.0. The molecule has 0 unspecified atom stereocenters. The largest absolute Gasteiger partial charge is 0.490 e. The second-order valence-corrected chi connectivity index (χ2v) is 8.85. The summed E-state index contributed by atoms with van der Waals surface area (Å²) in [5.74, 6) is 0.507. The van der Waals surface area contributed by atoms with E-state index in [-0.39, 0.29) is 11.1 Å². The molecule has 0 spiro atoms. The van der Waals surface area contributed by atoms with Crippen LogP contribution in [0.2, 0.25) is 0 Å². The van der Waals surface area contributed by atoms with Crippen LogP contribution in [-0.4, -0.2) is 60.4 Å². The number of carbonyl (C=O) groups is 2. The Labute approximate surface area is 193 Å². The molecule has 0 saturated carbocycles. The molecule has 0 bridgehead atoms. The Morgan fingerprint density at radius 2 is 1.69 bits per heavy atom. The van der Waals surface area contributed by atoms with Crippen molar-refractivity contribution in [2.75, 3.05) is 44.4 Å². The van der Waals surface area contributed by atoms with E-state index in [9.17, 15) is 9.59 Å². The smallest absolute Gasteiger partial charge is 0.294 e. The summed E-state index contributed by atoms with van der Waals surface area (Å²) in [5.41, 5.74) is 3.32. The highest BCUT2D eigenvalue weighted by Crippen LogP contribution is 2.32. The highest BCUT2D eigenvalue weighted by Gasteiger charge is 2.36. The molecule has 0 radical (unpaired) electrons. The minimum atomic E-state index is -0.229. The number of imide groups is 1. The van der Waals surface area contributed by atoms with Crippen molar-refractivity contribution in [1.82, 2.24) is 9.80 Å². The fourth-order valence-corrected chi connectivity index (χ4v) is 4.52. The third kappa shape index (κ3) is 5.23. The molecule has 2 aliphatic heterocycles. The third-order valence-corrected chi connectivity index (χ3v) is 6.44. The molecule has 2 heterocycles. The van der Waals surface area contributed by atoms with Crippen LogP contribution in [0.25, 0.3) is 6.08 Å². The molecular weight excluding hydrogens is 422 g/mol. The molecule has 0 aliphatic carbocycles. The summed E-state index contributed by atoms with van der Waals surface area (Å²) in [6.45, 7) is 9.84. The lowest BCUT2D eigenvalue weighted by Gasteiger charge is -2.37. The Morgan fingerprint density at radius 1 is 1.00 bits per heavy atom. The maximum absolute atomic E-state index is 12.9. The standard InChI is InChI=1S/C25H27N3O3S/c1-3-16-31-22-10-6-20(7-11-22)17-23-24(29)28(25(30)32-23)18-26-12-14-27(15-13-26)21-8-4-19(2)5-9-21/h3-11,17H,1,12-16,18H2,2H3. The molecule has 2 fully saturated rings. The van der Waals surface area contributed by atoms with Gasteiger partial charge in [0.05, 0.1) is 11.6 Å². The quantitative estimate of drug-likeness (QED) is 0.462. The first-order chi connectivity index (χ1) is 15.5. The normalized spacial score (nSPS) is 18.5. The molecule has 0 N–H and O–H groups in total. The molecule has 6 nitrogen and oxygen atoms in total. The topological polar surface area (TPSA) is 53.1 Å². The van der Waals surface area contributed by atoms with E-state index in [1.54, 1.807) is 12.2 Å². The zero-order chi connectivity index (χ0) is 22.5. The van der Waals surface area contributed by atoms with Gasteiger partial charge in [0.15, 0.2) is 0 Å². The van der Waals surface area contributed by atoms with Crippen LogP contribution in [0.5, 0.6) is 5.75 Å². The maximum Gasteiger partial charge on any atom is 0.294 e. The Kier molecular flexibility index (Phi) is 6.97. The average Bonchev–Trinajstić information content (AvgIpc) is 3.07. The van der Waals surface area contributed by atoms with Crippen molar-refractivity contribution in [3.63, 3.8) is 0 Å². The van der Waals surface area contributed by atoms with Gasteiger partial charge >= 0.3 is 0 Å². The first kappa shape index (κ1) is 22.2. The number of nitrogens with zero attached hydrogens (tertiary/aromatic N) is 3. The highest BCUT2D eigenvalue weighted by atomic mass is 32.2. The summed E-state index contributed by atoms with van der Waals surface area (Å²) in [5, 5.41) is -0.215. The summed E-state index contributed by atoms with van der Waals surface area (Å²) < 4.78 is 5.48. The molecule has 7 heteroatoms. The SMILES string of the molecule is C=CCOc1ccc(C=C2SC(=O)N(CN3CCN(c4ccc(C)cc4)CC3)C2=O)cc1. The first-order valence-electron chi connectivity index (χ1n) is 10.7. The van der Waals surface area contributed by atoms with Gasteiger partial charge in [0.2, 0.25) is 0 Å². The summed E-state index contributed by atoms with van der Waals surface area (Å²) in [6, 6.07) is 16.0. The Morgan fingerprint density at radius 3 is 2.34 bits per heavy atom. The number of thioether (sulfide) groups is 1. The Bertz CT molecular complexity index is 1010. The summed E-state index contributed by atoms with van der Waals surface area (Å²) in [4.78, 5) is 31.7. The van der Waals surface area contributed by atoms with Gasteiger partial charge < -0.3 is 9.64 Å². The number of benzene rings is 2. The average molecular weight is 450 g/mol. The van der Waals surface area contributed by atoms with Crippen LogP contribution in [-0.2, 0) is 4.79 Å². The zero-order valence-electron chi connectivity index (χ0n) is 18.2. The van der Waals surface area contributed by atoms with Crippen LogP contribution in [0.15, 0.2) is 66.1 Å². The van der Waals surface area contributed by atoms with Gasteiger partial charge in [-0.25, -0.2) is 0 Å². The lowest BCUT2D eigenvalue weighted by Crippen LogP contribution is -2.50. The molecule has 2 saturated heterocycles. The number of aryl methyl sites for hydroxylation is 1. The molecule has 4 rings (SSSR count). The van der Waals surface area contributed by atoms with Crippen LogP contribution < -0.4 is 9.64 Å². The predicted octanol–water partition coefficient (Wildman–Crippen LogP) is 4.38. The summed E-state index contributed by atoms with van der Waals surface area (Å²) in [7, 11) is 0. The van der Waals surface area contributed by atoms with Gasteiger partial charge in [0, 0.05) is 31.9 Å². The van der Waals surface area contributed by atoms with Gasteiger partial charge in [-0.15, -0.1) is 0 Å². The Hall–Kier alpha value is -3.03. The fraction of sp³-hybridized carbons (Fsp3) is 0.280. The van der Waals surface area contributed by atoms with Gasteiger partial charge in [-0.3, -0.25) is 19.4 Å². The van der Waals surface area contributed by atoms with E-state index in [4.69, 9.17) is 4.74 Å². The molecule has 2 aromatic rings.